The average molecular weight is 851 g/mol. The zero-order valence-corrected chi connectivity index (χ0v) is 36.9. The molecular weight excluding hydrogens is 789 g/mol. The van der Waals surface area contributed by atoms with E-state index >= 15 is 0 Å². The van der Waals surface area contributed by atoms with Gasteiger partial charge in [-0.2, -0.15) is 0 Å². The number of aliphatic hydroxyl groups excluding tert-OH is 1. The van der Waals surface area contributed by atoms with Crippen LogP contribution < -0.4 is 31.9 Å². The Kier molecular flexibility index (Phi) is 14.4. The molecule has 4 saturated heterocycles. The molecule has 4 heterocycles. The molecule has 0 spiro atoms. The number of amides is 5. The van der Waals surface area contributed by atoms with Crippen molar-refractivity contribution < 1.29 is 29.1 Å². The first-order valence-electron chi connectivity index (χ1n) is 20.8. The van der Waals surface area contributed by atoms with Gasteiger partial charge in [-0.3, -0.25) is 29.3 Å². The molecule has 4 fully saturated rings. The van der Waals surface area contributed by atoms with E-state index < -0.39 is 41.2 Å². The molecule has 6 rings (SSSR count). The normalized spacial score (nSPS) is 27.2. The highest BCUT2D eigenvalue weighted by molar-refractivity contribution is 8.00. The highest BCUT2D eigenvalue weighted by atomic mass is 32.2. The van der Waals surface area contributed by atoms with Crippen molar-refractivity contribution in [2.24, 2.45) is 10.8 Å². The number of carbonyl (C=O) groups excluding carboxylic acids is 5. The summed E-state index contributed by atoms with van der Waals surface area (Å²) in [7, 11) is 3.44. The minimum Gasteiger partial charge on any atom is -0.377 e. The van der Waals surface area contributed by atoms with Gasteiger partial charge in [-0.25, -0.2) is 0 Å². The Bertz CT molecular complexity index is 1850. The Hall–Kier alpha value is -3.67. The highest BCUT2D eigenvalue weighted by Crippen LogP contribution is 2.48. The number of hydrogen-bond donors (Lipinski definition) is 7. The molecule has 4 aliphatic rings. The second-order valence-corrected chi connectivity index (χ2v) is 20.2. The number of thioether (sulfide) groups is 2. The lowest BCUT2D eigenvalue weighted by molar-refractivity contribution is -0.142. The Morgan fingerprint density at radius 3 is 1.63 bits per heavy atom. The van der Waals surface area contributed by atoms with Crippen LogP contribution in [0.3, 0.4) is 0 Å². The number of nitrogens with zero attached hydrogens (tertiary/aromatic N) is 2. The first-order valence-corrected chi connectivity index (χ1v) is 22.8. The lowest BCUT2D eigenvalue weighted by Gasteiger charge is -2.34. The number of rotatable bonds is 14. The van der Waals surface area contributed by atoms with Crippen LogP contribution in [0.2, 0.25) is 0 Å². The van der Waals surface area contributed by atoms with Crippen LogP contribution in [0.25, 0.3) is 0 Å². The van der Waals surface area contributed by atoms with E-state index in [2.05, 4.69) is 31.9 Å². The van der Waals surface area contributed by atoms with E-state index in [0.717, 1.165) is 29.7 Å². The quantitative estimate of drug-likeness (QED) is 0.139. The maximum Gasteiger partial charge on any atom is 0.247 e. The summed E-state index contributed by atoms with van der Waals surface area (Å²) in [5, 5.41) is 28.3. The summed E-state index contributed by atoms with van der Waals surface area (Å²) in [6.45, 7) is 10.1. The lowest BCUT2D eigenvalue weighted by Crippen LogP contribution is -2.58. The molecule has 2 aromatic rings. The minimum atomic E-state index is -0.902. The van der Waals surface area contributed by atoms with Crippen molar-refractivity contribution >= 4 is 64.4 Å². The van der Waals surface area contributed by atoms with Crippen molar-refractivity contribution in [3.05, 3.63) is 59.7 Å². The van der Waals surface area contributed by atoms with Gasteiger partial charge in [-0.1, -0.05) is 52.0 Å². The van der Waals surface area contributed by atoms with Crippen LogP contribution in [0.5, 0.6) is 0 Å². The summed E-state index contributed by atoms with van der Waals surface area (Å²) >= 11 is 3.37. The van der Waals surface area contributed by atoms with E-state index in [4.69, 9.17) is 0 Å². The summed E-state index contributed by atoms with van der Waals surface area (Å²) in [5.41, 5.74) is 2.61. The van der Waals surface area contributed by atoms with Gasteiger partial charge in [-0.15, -0.1) is 23.5 Å². The number of fused-ring (bicyclic) bond motifs is 2. The number of aliphatic hydroxyl groups is 1. The molecule has 1 unspecified atom stereocenters. The van der Waals surface area contributed by atoms with E-state index in [9.17, 15) is 29.1 Å². The van der Waals surface area contributed by atoms with E-state index in [-0.39, 0.29) is 52.9 Å². The molecule has 59 heavy (non-hydrogen) atoms. The van der Waals surface area contributed by atoms with Gasteiger partial charge in [0.2, 0.25) is 29.5 Å². The standard InChI is InChI=1S/C43H62N8O6S2/c1-25(45-7)37(53)49-31-19-21-59-34-23-43(4,5)36(51(34)41(31)57)39(55)47-29-16-12-27(13-17-29)9-8-26-10-14-28(15-11-26)46-38(54)35-42(2,3)22-33-50(35)40(56)30(18-20-58-33)48-32(52)24-44-6/h10-17,25,30-31,33-37,44-45,49,53H,8-9,18-24H2,1-7H3,(H,46,54)(H,47,55)(H,48,52)/t25-,30-,31-,33-,34-,35+,36+,37?/m0/s1. The third kappa shape index (κ3) is 10.3. The third-order valence-corrected chi connectivity index (χ3v) is 14.7. The molecule has 0 radical (unpaired) electrons. The minimum absolute atomic E-state index is 0.110. The molecule has 16 heteroatoms. The van der Waals surface area contributed by atoms with Gasteiger partial charge in [0.15, 0.2) is 0 Å². The van der Waals surface area contributed by atoms with Crippen LogP contribution in [0.15, 0.2) is 48.5 Å². The Morgan fingerprint density at radius 1 is 0.746 bits per heavy atom. The molecule has 7 N–H and O–H groups in total. The molecule has 0 saturated carbocycles. The fourth-order valence-electron chi connectivity index (χ4n) is 8.86. The van der Waals surface area contributed by atoms with Crippen molar-refractivity contribution in [1.29, 1.82) is 0 Å². The lowest BCUT2D eigenvalue weighted by atomic mass is 9.84. The number of hydrogen-bond acceptors (Lipinski definition) is 11. The highest BCUT2D eigenvalue weighted by Gasteiger charge is 2.55. The molecule has 0 bridgehead atoms. The number of aryl methyl sites for hydroxylation is 2. The van der Waals surface area contributed by atoms with Crippen LogP contribution in [0, 0.1) is 10.8 Å². The fourth-order valence-corrected chi connectivity index (χ4v) is 12.0. The van der Waals surface area contributed by atoms with Crippen molar-refractivity contribution in [1.82, 2.24) is 31.1 Å². The molecule has 4 aliphatic heterocycles. The summed E-state index contributed by atoms with van der Waals surface area (Å²) < 4.78 is 0. The smallest absolute Gasteiger partial charge is 0.247 e. The number of likely N-dealkylation sites (N-methyl/N-ethyl adjacent to an activating group) is 2. The van der Waals surface area contributed by atoms with Crippen molar-refractivity contribution in [2.75, 3.05) is 42.8 Å². The van der Waals surface area contributed by atoms with E-state index in [1.165, 1.54) is 0 Å². The Morgan fingerprint density at radius 2 is 1.19 bits per heavy atom. The zero-order chi connectivity index (χ0) is 42.6. The summed E-state index contributed by atoms with van der Waals surface area (Å²) in [6, 6.07) is 12.7. The third-order valence-electron chi connectivity index (χ3n) is 12.2. The second-order valence-electron chi connectivity index (χ2n) is 17.7. The van der Waals surface area contributed by atoms with Crippen molar-refractivity contribution in [3.63, 3.8) is 0 Å². The Labute approximate surface area is 356 Å². The van der Waals surface area contributed by atoms with Crippen LogP contribution in [0.1, 0.15) is 71.4 Å². The SMILES string of the molecule is CNCC(=O)N[C@H]1CCS[C@H]2CC(C)(C)[C@@H](C(=O)Nc3ccc(CCc4ccc(NC(=O)[C@H]5N6C(=O)[C@@H](NC(O)[C@H](C)NC)CCS[C@H]6CC5(C)C)cc4)cc3)N2C1=O. The first kappa shape index (κ1) is 44.9. The van der Waals surface area contributed by atoms with E-state index in [1.54, 1.807) is 47.4 Å². The maximum absolute atomic E-state index is 13.9. The zero-order valence-electron chi connectivity index (χ0n) is 35.3. The summed E-state index contributed by atoms with van der Waals surface area (Å²) in [6.07, 6.45) is 3.11. The topological polar surface area (TPSA) is 184 Å². The molecule has 0 aliphatic carbocycles. The predicted molar refractivity (Wildman–Crippen MR) is 235 cm³/mol. The number of carbonyl (C=O) groups is 5. The molecule has 0 aromatic heterocycles. The van der Waals surface area contributed by atoms with Crippen molar-refractivity contribution in [2.45, 2.75) is 120 Å². The molecular formula is C43H62N8O6S2. The van der Waals surface area contributed by atoms with Gasteiger partial charge in [0.05, 0.1) is 23.3 Å². The molecule has 322 valence electrons. The first-order chi connectivity index (χ1) is 28.0. The summed E-state index contributed by atoms with van der Waals surface area (Å²) in [5.74, 6) is 0.401. The summed E-state index contributed by atoms with van der Waals surface area (Å²) in [4.78, 5) is 71.3. The van der Waals surface area contributed by atoms with Gasteiger partial charge in [-0.05, 0) is 117 Å². The molecule has 5 amide bonds. The van der Waals surface area contributed by atoms with E-state index in [1.807, 2.05) is 83.1 Å². The van der Waals surface area contributed by atoms with Crippen LogP contribution in [-0.4, -0.2) is 124 Å². The Balaban J connectivity index is 1.03. The van der Waals surface area contributed by atoms with Gasteiger partial charge in [0.25, 0.3) is 0 Å². The van der Waals surface area contributed by atoms with Gasteiger partial charge >= 0.3 is 0 Å². The second kappa shape index (κ2) is 18.9. The predicted octanol–water partition coefficient (Wildman–Crippen LogP) is 3.12. The number of benzene rings is 2. The maximum atomic E-state index is 13.9. The van der Waals surface area contributed by atoms with E-state index in [0.29, 0.717) is 42.8 Å². The van der Waals surface area contributed by atoms with Gasteiger partial charge in [0.1, 0.15) is 24.4 Å². The van der Waals surface area contributed by atoms with Gasteiger partial charge < -0.3 is 41.5 Å². The monoisotopic (exact) mass is 850 g/mol. The van der Waals surface area contributed by atoms with Crippen LogP contribution in [0.4, 0.5) is 11.4 Å². The average Bonchev–Trinajstić information content (AvgIpc) is 3.51. The van der Waals surface area contributed by atoms with Crippen molar-refractivity contribution in [3.8, 4) is 0 Å². The number of anilines is 2. The fraction of sp³-hybridized carbons (Fsp3) is 0.605. The van der Waals surface area contributed by atoms with Gasteiger partial charge in [0, 0.05) is 17.4 Å². The molecule has 14 nitrogen and oxygen atoms in total. The number of nitrogens with one attached hydrogen (secondary N) is 6. The van der Waals surface area contributed by atoms with Crippen LogP contribution >= 0.6 is 23.5 Å². The van der Waals surface area contributed by atoms with Crippen LogP contribution in [-0.2, 0) is 36.8 Å². The molecule has 8 atom stereocenters. The molecule has 2 aromatic carbocycles. The largest absolute Gasteiger partial charge is 0.377 e.